The summed E-state index contributed by atoms with van der Waals surface area (Å²) in [6.45, 7) is 6.26. The maximum absolute atomic E-state index is 13.7. The third-order valence-corrected chi connectivity index (χ3v) is 7.82. The first-order valence-electron chi connectivity index (χ1n) is 10.7. The minimum absolute atomic E-state index is 0.0683. The summed E-state index contributed by atoms with van der Waals surface area (Å²) in [5.74, 6) is -0.193. The van der Waals surface area contributed by atoms with Gasteiger partial charge < -0.3 is 14.5 Å². The molecule has 2 aromatic rings. The lowest BCUT2D eigenvalue weighted by molar-refractivity contribution is -0.385. The van der Waals surface area contributed by atoms with Gasteiger partial charge in [0.1, 0.15) is 12.3 Å². The van der Waals surface area contributed by atoms with E-state index in [9.17, 15) is 23.3 Å². The van der Waals surface area contributed by atoms with E-state index < -0.39 is 21.5 Å². The predicted octanol–water partition coefficient (Wildman–Crippen LogP) is 2.92. The van der Waals surface area contributed by atoms with Gasteiger partial charge in [-0.05, 0) is 37.7 Å². The van der Waals surface area contributed by atoms with Gasteiger partial charge in [0.15, 0.2) is 0 Å². The Morgan fingerprint density at radius 2 is 1.85 bits per heavy atom. The fourth-order valence-electron chi connectivity index (χ4n) is 3.77. The normalized spacial score (nSPS) is 14.6. The van der Waals surface area contributed by atoms with E-state index in [4.69, 9.17) is 16.3 Å². The van der Waals surface area contributed by atoms with Gasteiger partial charge in [-0.25, -0.2) is 8.42 Å². The zero-order chi connectivity index (χ0) is 25.0. The van der Waals surface area contributed by atoms with Crippen LogP contribution in [0.1, 0.15) is 12.5 Å². The monoisotopic (exact) mass is 510 g/mol. The molecule has 0 radical (unpaired) electrons. The number of nitro benzene ring substituents is 1. The van der Waals surface area contributed by atoms with Crippen LogP contribution in [0.25, 0.3) is 0 Å². The first-order valence-corrected chi connectivity index (χ1v) is 12.5. The number of benzene rings is 2. The van der Waals surface area contributed by atoms with Crippen molar-refractivity contribution in [3.05, 3.63) is 57.1 Å². The van der Waals surface area contributed by atoms with Crippen LogP contribution in [0.4, 0.5) is 11.4 Å². The second kappa shape index (κ2) is 10.6. The van der Waals surface area contributed by atoms with Crippen molar-refractivity contribution in [3.63, 3.8) is 0 Å². The largest absolute Gasteiger partial charge is 0.495 e. The predicted molar refractivity (Wildman–Crippen MR) is 129 cm³/mol. The van der Waals surface area contributed by atoms with Gasteiger partial charge in [0.05, 0.1) is 22.6 Å². The Morgan fingerprint density at radius 1 is 1.18 bits per heavy atom. The molecule has 0 unspecified atom stereocenters. The molecule has 0 aromatic heterocycles. The number of rotatable bonds is 8. The van der Waals surface area contributed by atoms with Crippen molar-refractivity contribution in [1.29, 1.82) is 0 Å². The Labute approximate surface area is 203 Å². The molecule has 1 aliphatic heterocycles. The summed E-state index contributed by atoms with van der Waals surface area (Å²) in [5.41, 5.74) is 0.0561. The number of nitro groups is 1. The second-order valence-corrected chi connectivity index (χ2v) is 10.1. The molecular formula is C22H27ClN4O6S. The van der Waals surface area contributed by atoms with E-state index in [1.165, 1.54) is 44.4 Å². The van der Waals surface area contributed by atoms with E-state index >= 15 is 0 Å². The number of methoxy groups -OCH3 is 1. The van der Waals surface area contributed by atoms with Gasteiger partial charge >= 0.3 is 0 Å². The van der Waals surface area contributed by atoms with Gasteiger partial charge in [0.25, 0.3) is 15.7 Å². The lowest BCUT2D eigenvalue weighted by atomic mass is 10.2. The van der Waals surface area contributed by atoms with Gasteiger partial charge in [0, 0.05) is 42.8 Å². The number of halogens is 1. The molecule has 0 saturated carbocycles. The average molecular weight is 511 g/mol. The molecule has 0 spiro atoms. The number of hydrogen-bond donors (Lipinski definition) is 0. The number of amides is 1. The first-order chi connectivity index (χ1) is 16.1. The molecule has 2 aromatic carbocycles. The van der Waals surface area contributed by atoms with E-state index in [0.717, 1.165) is 16.9 Å². The van der Waals surface area contributed by atoms with Crippen molar-refractivity contribution < 1.29 is 22.9 Å². The number of likely N-dealkylation sites (N-methyl/N-ethyl adjacent to an activating group) is 1. The van der Waals surface area contributed by atoms with Crippen molar-refractivity contribution >= 4 is 38.9 Å². The molecule has 3 rings (SSSR count). The van der Waals surface area contributed by atoms with Gasteiger partial charge in [0.2, 0.25) is 5.91 Å². The first kappa shape index (κ1) is 25.7. The molecule has 1 aliphatic rings. The van der Waals surface area contributed by atoms with Crippen LogP contribution in [0.2, 0.25) is 5.02 Å². The molecular weight excluding hydrogens is 484 g/mol. The Morgan fingerprint density at radius 3 is 2.44 bits per heavy atom. The zero-order valence-electron chi connectivity index (χ0n) is 19.2. The fourth-order valence-corrected chi connectivity index (χ4v) is 5.37. The van der Waals surface area contributed by atoms with E-state index in [1.54, 1.807) is 4.90 Å². The molecule has 0 aliphatic carbocycles. The maximum atomic E-state index is 13.7. The smallest absolute Gasteiger partial charge is 0.273 e. The third-order valence-electron chi connectivity index (χ3n) is 5.83. The molecule has 1 heterocycles. The number of anilines is 1. The van der Waals surface area contributed by atoms with Gasteiger partial charge in [-0.2, -0.15) is 0 Å². The van der Waals surface area contributed by atoms with Crippen molar-refractivity contribution in [1.82, 2.24) is 9.80 Å². The molecule has 34 heavy (non-hydrogen) atoms. The Bertz CT molecular complexity index is 1180. The molecule has 0 bridgehead atoms. The van der Waals surface area contributed by atoms with E-state index in [0.29, 0.717) is 31.7 Å². The van der Waals surface area contributed by atoms with Crippen LogP contribution in [0.5, 0.6) is 5.75 Å². The molecule has 1 saturated heterocycles. The van der Waals surface area contributed by atoms with Gasteiger partial charge in [-0.15, -0.1) is 0 Å². The highest BCUT2D eigenvalue weighted by Gasteiger charge is 2.33. The van der Waals surface area contributed by atoms with Crippen LogP contribution in [-0.2, 0) is 14.8 Å². The van der Waals surface area contributed by atoms with Crippen LogP contribution in [0.15, 0.2) is 41.3 Å². The number of piperazine rings is 1. The topological polar surface area (TPSA) is 113 Å². The fraction of sp³-hybridized carbons (Fsp3) is 0.409. The number of carbonyl (C=O) groups excluding carboxylic acids is 1. The molecule has 0 N–H and O–H groups in total. The minimum Gasteiger partial charge on any atom is -0.495 e. The van der Waals surface area contributed by atoms with E-state index in [2.05, 4.69) is 4.90 Å². The number of aryl methyl sites for hydroxylation is 1. The van der Waals surface area contributed by atoms with Crippen LogP contribution in [0.3, 0.4) is 0 Å². The van der Waals surface area contributed by atoms with E-state index in [-0.39, 0.29) is 32.9 Å². The van der Waals surface area contributed by atoms with E-state index in [1.807, 2.05) is 6.92 Å². The number of nitrogens with zero attached hydrogens (tertiary/aromatic N) is 4. The summed E-state index contributed by atoms with van der Waals surface area (Å²) in [6.07, 6.45) is 0. The highest BCUT2D eigenvalue weighted by Crippen LogP contribution is 2.36. The Kier molecular flexibility index (Phi) is 8.01. The van der Waals surface area contributed by atoms with Crippen molar-refractivity contribution in [3.8, 4) is 5.75 Å². The summed E-state index contributed by atoms with van der Waals surface area (Å²) >= 11 is 6.15. The van der Waals surface area contributed by atoms with Gasteiger partial charge in [-0.3, -0.25) is 19.2 Å². The lowest BCUT2D eigenvalue weighted by Crippen LogP contribution is -2.51. The van der Waals surface area contributed by atoms with Crippen LogP contribution in [-0.4, -0.2) is 75.4 Å². The molecule has 184 valence electrons. The van der Waals surface area contributed by atoms with Crippen molar-refractivity contribution in [2.24, 2.45) is 0 Å². The van der Waals surface area contributed by atoms with Crippen molar-refractivity contribution in [2.75, 3.05) is 50.7 Å². The molecule has 0 atom stereocenters. The molecule has 1 fully saturated rings. The average Bonchev–Trinajstić information content (AvgIpc) is 2.82. The van der Waals surface area contributed by atoms with Crippen LogP contribution < -0.4 is 9.04 Å². The number of carbonyl (C=O) groups is 1. The van der Waals surface area contributed by atoms with Gasteiger partial charge in [-0.1, -0.05) is 24.6 Å². The number of ether oxygens (including phenoxy) is 1. The Balaban J connectivity index is 2.05. The van der Waals surface area contributed by atoms with Crippen LogP contribution in [0, 0.1) is 17.0 Å². The van der Waals surface area contributed by atoms with Crippen molar-refractivity contribution in [2.45, 2.75) is 18.7 Å². The molecule has 12 heteroatoms. The SMILES string of the molecule is CCN1CCN(C(=O)CN(c2cc(Cl)ccc2OC)S(=O)(=O)c2ccc(C)c([N+](=O)[O-])c2)CC1. The molecule has 10 nitrogen and oxygen atoms in total. The third kappa shape index (κ3) is 5.43. The van der Waals surface area contributed by atoms with Crippen LogP contribution >= 0.6 is 11.6 Å². The molecule has 1 amide bonds. The summed E-state index contributed by atoms with van der Waals surface area (Å²) in [5, 5.41) is 11.7. The summed E-state index contributed by atoms with van der Waals surface area (Å²) in [7, 11) is -3.02. The summed E-state index contributed by atoms with van der Waals surface area (Å²) < 4.78 is 33.7. The number of hydrogen-bond acceptors (Lipinski definition) is 7. The highest BCUT2D eigenvalue weighted by atomic mass is 35.5. The maximum Gasteiger partial charge on any atom is 0.273 e. The highest BCUT2D eigenvalue weighted by molar-refractivity contribution is 7.92. The summed E-state index contributed by atoms with van der Waals surface area (Å²) in [6, 6.07) is 8.08. The Hall–Kier alpha value is -2.89. The standard InChI is InChI=1S/C22H27ClN4O6S/c1-4-24-9-11-25(12-10-24)22(28)15-26(20-13-17(23)6-8-21(20)33-3)34(31,32)18-7-5-16(2)19(14-18)27(29)30/h5-8,13-14H,4,9-12,15H2,1-3H3. The lowest BCUT2D eigenvalue weighted by Gasteiger charge is -2.35. The quantitative estimate of drug-likeness (QED) is 0.396. The summed E-state index contributed by atoms with van der Waals surface area (Å²) in [4.78, 5) is 27.5. The number of sulfonamides is 1. The second-order valence-electron chi connectivity index (χ2n) is 7.85. The minimum atomic E-state index is -4.39. The zero-order valence-corrected chi connectivity index (χ0v) is 20.8.